The largest absolute Gasteiger partial charge is 0.165 e. The average molecular weight is 621 g/mol. The van der Waals surface area contributed by atoms with Crippen molar-refractivity contribution < 1.29 is 25.8 Å². The number of rotatable bonds is 3. The van der Waals surface area contributed by atoms with Crippen molar-refractivity contribution in [2.24, 2.45) is 0 Å². The van der Waals surface area contributed by atoms with Crippen molar-refractivity contribution in [3.05, 3.63) is 132 Å². The molecule has 0 fully saturated rings. The molecule has 0 radical (unpaired) electrons. The molecule has 34 heavy (non-hydrogen) atoms. The normalized spacial score (nSPS) is 10.9. The Balaban J connectivity index is 0.000000157. The topological polar surface area (TPSA) is 0 Å². The standard InChI is InChI=1S/C16H14P.C16H13.Hf/c1-12-6-2-5-9-16(12)17-15-10-13-7-3-4-8-14(13)11-15;1-12-10-14-8-5-9-15(16(14)11-12)13-6-3-2-4-7-13;/h2-11,17H,1H3;2-11H,1H3;/q2*-1;. The van der Waals surface area contributed by atoms with Crippen LogP contribution < -0.4 is 10.6 Å². The summed E-state index contributed by atoms with van der Waals surface area (Å²) >= 11 is 0. The summed E-state index contributed by atoms with van der Waals surface area (Å²) in [5.74, 6) is 0. The minimum atomic E-state index is 0. The second kappa shape index (κ2) is 11.2. The second-order valence-corrected chi connectivity index (χ2v) is 9.89. The Kier molecular flexibility index (Phi) is 8.09. The zero-order valence-electron chi connectivity index (χ0n) is 19.5. The van der Waals surface area contributed by atoms with E-state index < -0.39 is 0 Å². The van der Waals surface area contributed by atoms with Crippen LogP contribution in [-0.4, -0.2) is 0 Å². The van der Waals surface area contributed by atoms with Gasteiger partial charge < -0.3 is 0 Å². The van der Waals surface area contributed by atoms with Gasteiger partial charge in [-0.3, -0.25) is 0 Å². The number of hydrogen-bond acceptors (Lipinski definition) is 0. The molecule has 0 aliphatic carbocycles. The molecule has 0 heterocycles. The van der Waals surface area contributed by atoms with Gasteiger partial charge in [-0.1, -0.05) is 87.8 Å². The van der Waals surface area contributed by atoms with Crippen LogP contribution in [0.1, 0.15) is 11.1 Å². The first-order chi connectivity index (χ1) is 16.2. The first-order valence-corrected chi connectivity index (χ1v) is 12.4. The molecule has 0 spiro atoms. The van der Waals surface area contributed by atoms with E-state index in [4.69, 9.17) is 0 Å². The molecule has 0 saturated carbocycles. The van der Waals surface area contributed by atoms with Gasteiger partial charge in [-0.25, -0.2) is 0 Å². The Morgan fingerprint density at radius 2 is 1.32 bits per heavy atom. The maximum absolute atomic E-state index is 2.31. The third-order valence-electron chi connectivity index (χ3n) is 6.02. The van der Waals surface area contributed by atoms with Gasteiger partial charge in [0.15, 0.2) is 0 Å². The number of fused-ring (bicyclic) bond motifs is 2. The molecule has 0 aliphatic rings. The Morgan fingerprint density at radius 1 is 0.618 bits per heavy atom. The van der Waals surface area contributed by atoms with Crippen LogP contribution in [0.15, 0.2) is 121 Å². The molecule has 0 aliphatic heterocycles. The van der Waals surface area contributed by atoms with Crippen molar-refractivity contribution in [2.45, 2.75) is 13.8 Å². The van der Waals surface area contributed by atoms with Crippen LogP contribution in [0.5, 0.6) is 0 Å². The molecule has 0 bridgehead atoms. The van der Waals surface area contributed by atoms with Gasteiger partial charge in [0.05, 0.1) is 0 Å². The monoisotopic (exact) mass is 622 g/mol. The summed E-state index contributed by atoms with van der Waals surface area (Å²) < 4.78 is 0. The summed E-state index contributed by atoms with van der Waals surface area (Å²) in [5, 5.41) is 8.26. The Labute approximate surface area is 223 Å². The van der Waals surface area contributed by atoms with Crippen LogP contribution >= 0.6 is 8.58 Å². The Hall–Kier alpha value is -2.60. The molecule has 1 atom stereocenters. The van der Waals surface area contributed by atoms with E-state index >= 15 is 0 Å². The minimum Gasteiger partial charge on any atom is -0.165 e. The molecule has 0 nitrogen and oxygen atoms in total. The van der Waals surface area contributed by atoms with Crippen molar-refractivity contribution in [2.75, 3.05) is 0 Å². The number of aryl methyl sites for hydroxylation is 2. The molecule has 6 rings (SSSR count). The molecule has 166 valence electrons. The first kappa shape index (κ1) is 24.5. The molecule has 0 saturated heterocycles. The zero-order chi connectivity index (χ0) is 22.6. The van der Waals surface area contributed by atoms with Gasteiger partial charge in [0.1, 0.15) is 0 Å². The van der Waals surface area contributed by atoms with Crippen molar-refractivity contribution in [3.8, 4) is 11.1 Å². The molecule has 6 aromatic carbocycles. The van der Waals surface area contributed by atoms with E-state index in [1.807, 2.05) is 0 Å². The van der Waals surface area contributed by atoms with Crippen molar-refractivity contribution in [1.29, 1.82) is 0 Å². The van der Waals surface area contributed by atoms with E-state index in [-0.39, 0.29) is 25.8 Å². The summed E-state index contributed by atoms with van der Waals surface area (Å²) in [6.45, 7) is 4.33. The van der Waals surface area contributed by atoms with Gasteiger partial charge in [-0.2, -0.15) is 12.1 Å². The first-order valence-electron chi connectivity index (χ1n) is 11.4. The maximum atomic E-state index is 2.31. The van der Waals surface area contributed by atoms with Crippen LogP contribution in [-0.2, 0) is 25.8 Å². The average Bonchev–Trinajstić information content (AvgIpc) is 3.43. The smallest absolute Gasteiger partial charge is 0 e. The Morgan fingerprint density at radius 3 is 2.12 bits per heavy atom. The summed E-state index contributed by atoms with van der Waals surface area (Å²) in [6.07, 6.45) is 0. The SMILES string of the molecule is Cc1cc2c(-c3ccccc3)cccc2[cH-]1.Cc1ccccc1Pc1cc2ccccc2[cH-]1.[Hf]. The fourth-order valence-corrected chi connectivity index (χ4v) is 5.57. The molecule has 1 unspecified atom stereocenters. The van der Waals surface area contributed by atoms with Crippen LogP contribution in [0.25, 0.3) is 32.7 Å². The van der Waals surface area contributed by atoms with Gasteiger partial charge >= 0.3 is 0 Å². The molecular weight excluding hydrogens is 594 g/mol. The van der Waals surface area contributed by atoms with Crippen LogP contribution in [0.4, 0.5) is 0 Å². The van der Waals surface area contributed by atoms with Crippen molar-refractivity contribution >= 4 is 40.7 Å². The van der Waals surface area contributed by atoms with E-state index in [1.165, 1.54) is 54.4 Å². The van der Waals surface area contributed by atoms with Gasteiger partial charge in [0.25, 0.3) is 0 Å². The van der Waals surface area contributed by atoms with Gasteiger partial charge in [0.2, 0.25) is 0 Å². The number of benzene rings is 4. The molecule has 6 aromatic rings. The van der Waals surface area contributed by atoms with Crippen LogP contribution in [0.2, 0.25) is 0 Å². The predicted molar refractivity (Wildman–Crippen MR) is 148 cm³/mol. The quantitative estimate of drug-likeness (QED) is 0.107. The van der Waals surface area contributed by atoms with Crippen molar-refractivity contribution in [3.63, 3.8) is 0 Å². The fraction of sp³-hybridized carbons (Fsp3) is 0.0625. The third-order valence-corrected chi connectivity index (χ3v) is 7.43. The van der Waals surface area contributed by atoms with Crippen LogP contribution in [0.3, 0.4) is 0 Å². The fourth-order valence-electron chi connectivity index (χ4n) is 4.35. The molecular formula is C32H27HfP-2. The zero-order valence-corrected chi connectivity index (χ0v) is 24.1. The predicted octanol–water partition coefficient (Wildman–Crippen LogP) is 8.03. The maximum Gasteiger partial charge on any atom is 0 e. The summed E-state index contributed by atoms with van der Waals surface area (Å²) in [7, 11) is 0.759. The van der Waals surface area contributed by atoms with Gasteiger partial charge in [0, 0.05) is 25.8 Å². The van der Waals surface area contributed by atoms with Gasteiger partial charge in [-0.15, -0.1) is 74.9 Å². The summed E-state index contributed by atoms with van der Waals surface area (Å²) in [5.41, 5.74) is 5.33. The minimum absolute atomic E-state index is 0. The van der Waals surface area contributed by atoms with E-state index in [0.29, 0.717) is 0 Å². The van der Waals surface area contributed by atoms with E-state index in [1.54, 1.807) is 0 Å². The Bertz CT molecular complexity index is 1470. The second-order valence-electron chi connectivity index (χ2n) is 8.52. The van der Waals surface area contributed by atoms with Crippen LogP contribution in [0, 0.1) is 13.8 Å². The molecule has 0 aromatic heterocycles. The molecule has 0 N–H and O–H groups in total. The molecule has 0 amide bonds. The van der Waals surface area contributed by atoms with E-state index in [0.717, 1.165) is 8.58 Å². The van der Waals surface area contributed by atoms with E-state index in [2.05, 4.69) is 135 Å². The third kappa shape index (κ3) is 5.54. The number of hydrogen-bond donors (Lipinski definition) is 0. The summed E-state index contributed by atoms with van der Waals surface area (Å²) in [6, 6.07) is 43.4. The van der Waals surface area contributed by atoms with Crippen molar-refractivity contribution in [1.82, 2.24) is 0 Å². The van der Waals surface area contributed by atoms with Gasteiger partial charge in [-0.05, 0) is 23.4 Å². The summed E-state index contributed by atoms with van der Waals surface area (Å²) in [4.78, 5) is 0. The van der Waals surface area contributed by atoms with E-state index in [9.17, 15) is 0 Å². The molecule has 2 heteroatoms.